The number of phenols is 1. The number of rotatable bonds is 7. The van der Waals surface area contributed by atoms with E-state index in [0.29, 0.717) is 11.3 Å². The summed E-state index contributed by atoms with van der Waals surface area (Å²) in [7, 11) is -10.5. The van der Waals surface area contributed by atoms with E-state index in [1.165, 1.54) is 6.92 Å². The Morgan fingerprint density at radius 3 is 2.00 bits per heavy atom. The maximum atomic E-state index is 13.5. The van der Waals surface area contributed by atoms with Crippen LogP contribution in [0.4, 0.5) is 5.69 Å². The van der Waals surface area contributed by atoms with Crippen LogP contribution in [0.1, 0.15) is 5.56 Å². The minimum Gasteiger partial charge on any atom is -0.506 e. The average Bonchev–Trinajstić information content (AvgIpc) is 2.98. The van der Waals surface area contributed by atoms with Crippen LogP contribution in [0.3, 0.4) is 0 Å². The molecule has 0 saturated carbocycles. The molecule has 0 fully saturated rings. The van der Waals surface area contributed by atoms with Gasteiger partial charge in [0.05, 0.1) is 54.7 Å². The fourth-order valence-corrected chi connectivity index (χ4v) is 12.7. The zero-order valence-electron chi connectivity index (χ0n) is 20.8. The molecule has 0 amide bonds. The van der Waals surface area contributed by atoms with Gasteiger partial charge in [0.2, 0.25) is 28.4 Å². The first-order valence-electron chi connectivity index (χ1n) is 10.8. The van der Waals surface area contributed by atoms with Gasteiger partial charge >= 0.3 is 0 Å². The first-order valence-corrected chi connectivity index (χ1v) is 20.1. The highest BCUT2D eigenvalue weighted by molar-refractivity contribution is 8.30. The van der Waals surface area contributed by atoms with Crippen LogP contribution in [0, 0.1) is 17.7 Å². The lowest BCUT2D eigenvalue weighted by atomic mass is 10.2. The lowest BCUT2D eigenvalue weighted by Crippen LogP contribution is -2.33. The minimum absolute atomic E-state index is 0.0132. The molecule has 234 valence electrons. The van der Waals surface area contributed by atoms with Gasteiger partial charge < -0.3 is 15.8 Å². The summed E-state index contributed by atoms with van der Waals surface area (Å²) in [5.74, 6) is -0.471. The predicted molar refractivity (Wildman–Crippen MR) is 172 cm³/mol. The third kappa shape index (κ3) is 4.92. The fraction of sp³-hybridized carbons (Fsp3) is 0.0526. The van der Waals surface area contributed by atoms with Crippen molar-refractivity contribution in [2.24, 2.45) is 0 Å². The molecule has 0 aliphatic rings. The Kier molecular flexibility index (Phi) is 8.81. The van der Waals surface area contributed by atoms with Crippen molar-refractivity contribution in [2.75, 3.05) is 5.73 Å². The van der Waals surface area contributed by atoms with E-state index in [4.69, 9.17) is 55.4 Å². The topological polar surface area (TPSA) is 276 Å². The van der Waals surface area contributed by atoms with Crippen molar-refractivity contribution >= 4 is 140 Å². The number of hydrogen-bond acceptors (Lipinski definition) is 21. The summed E-state index contributed by atoms with van der Waals surface area (Å²) >= 11 is 16.9. The molecule has 0 bridgehead atoms. The maximum absolute atomic E-state index is 13.5. The molecule has 25 heteroatoms. The Bertz CT molecular complexity index is 2610. The number of nitrogens with two attached hydrogens (primary N) is 1. The van der Waals surface area contributed by atoms with Crippen LogP contribution < -0.4 is 27.3 Å². The second kappa shape index (κ2) is 11.6. The fourth-order valence-electron chi connectivity index (χ4n) is 4.24. The number of nitrogens with one attached hydrogen (secondary N) is 3. The van der Waals surface area contributed by atoms with Gasteiger partial charge in [-0.15, -0.1) is 47.0 Å². The van der Waals surface area contributed by atoms with E-state index in [0.717, 1.165) is 22.7 Å². The van der Waals surface area contributed by atoms with E-state index in [1.54, 1.807) is 0 Å². The molecule has 9 N–H and O–H groups in total. The van der Waals surface area contributed by atoms with Gasteiger partial charge in [0.15, 0.2) is 0 Å². The highest BCUT2D eigenvalue weighted by Gasteiger charge is 2.29. The van der Waals surface area contributed by atoms with Crippen LogP contribution in [0.2, 0.25) is 0 Å². The predicted octanol–water partition coefficient (Wildman–Crippen LogP) is 1.88. The molecule has 2 aromatic heterocycles. The van der Waals surface area contributed by atoms with Crippen LogP contribution in [0.25, 0.3) is 39.2 Å². The van der Waals surface area contributed by atoms with Crippen LogP contribution >= 0.6 is 34.0 Å². The van der Waals surface area contributed by atoms with Gasteiger partial charge in [-0.25, -0.2) is 24.2 Å². The summed E-state index contributed by atoms with van der Waals surface area (Å²) in [5.41, 5.74) is 3.61. The minimum atomic E-state index is -4.36. The van der Waals surface area contributed by atoms with E-state index in [1.807, 2.05) is 0 Å². The molecule has 16 nitrogen and oxygen atoms in total. The number of aromatic nitrogens is 1. The first-order chi connectivity index (χ1) is 20.5. The smallest absolute Gasteiger partial charge is 0.223 e. The molecule has 5 rings (SSSR count). The van der Waals surface area contributed by atoms with Gasteiger partial charge in [-0.2, -0.15) is 0 Å². The van der Waals surface area contributed by atoms with Gasteiger partial charge in [0.25, 0.3) is 0 Å². The standard InChI is InChI=1S/C19H12N4O12S9/c1-2-8(24)15-12(5(22)18(2)43(30,37)33-28)40-13-6-11(3(20)9(25)16(13)41-15)39-14-7(23-6)19(44(31,38)34-29)4(21)10(26)17(14)42(36)35-32-27/h20-21,23-24,27-29H,22H2,1H3. The molecule has 0 saturated heterocycles. The van der Waals surface area contributed by atoms with E-state index in [-0.39, 0.29) is 55.4 Å². The molecule has 3 unspecified atom stereocenters. The number of aromatic hydroxyl groups is 1. The molecule has 0 aliphatic carbocycles. The second-order valence-electron chi connectivity index (χ2n) is 8.37. The highest BCUT2D eigenvalue weighted by Crippen LogP contribution is 2.47. The molecular weight excluding hydrogens is 765 g/mol. The quantitative estimate of drug-likeness (QED) is 0.0293. The number of hydrogen-bond donors (Lipinski definition) is 8. The molecule has 44 heavy (non-hydrogen) atoms. The SMILES string of the molecule is Cc1c(S(=O)(=S)OO)c(N)c2sc3c(sc2c1O)c(=O)c(=N)c1sc2c(S(=S)OOO)c(=O)c(=N)c(S(=O)(=S)OO)c2[nH]c13. The highest BCUT2D eigenvalue weighted by atomic mass is 32.8. The first kappa shape index (κ1) is 33.3. The van der Waals surface area contributed by atoms with Gasteiger partial charge in [0.1, 0.15) is 31.2 Å². The van der Waals surface area contributed by atoms with E-state index in [2.05, 4.69) is 23.0 Å². The van der Waals surface area contributed by atoms with Gasteiger partial charge in [-0.1, -0.05) is 5.04 Å². The summed E-state index contributed by atoms with van der Waals surface area (Å²) in [4.78, 5) is 27.9. The molecule has 3 atom stereocenters. The number of benzene rings is 3. The van der Waals surface area contributed by atoms with Crippen molar-refractivity contribution in [3.63, 3.8) is 0 Å². The third-order valence-electron chi connectivity index (χ3n) is 6.07. The van der Waals surface area contributed by atoms with Crippen molar-refractivity contribution in [1.82, 2.24) is 4.98 Å². The number of aromatic amines is 1. The second-order valence-corrected chi connectivity index (χ2v) is 18.9. The number of nitrogen functional groups attached to an aromatic ring is 1. The Hall–Kier alpha value is -2.05. The van der Waals surface area contributed by atoms with Crippen LogP contribution in [0.15, 0.2) is 24.3 Å². The van der Waals surface area contributed by atoms with Gasteiger partial charge in [0, 0.05) is 27.9 Å². The third-order valence-corrected chi connectivity index (χ3v) is 15.4. The molecule has 0 radical (unpaired) electrons. The summed E-state index contributed by atoms with van der Waals surface area (Å²) < 4.78 is 38.1. The summed E-state index contributed by atoms with van der Waals surface area (Å²) in [6, 6.07) is 0. The Morgan fingerprint density at radius 1 is 0.841 bits per heavy atom. The number of H-pyrrole nitrogens is 1. The van der Waals surface area contributed by atoms with Crippen LogP contribution in [-0.2, 0) is 78.9 Å². The van der Waals surface area contributed by atoms with E-state index >= 15 is 0 Å². The van der Waals surface area contributed by atoms with Gasteiger partial charge in [-0.3, -0.25) is 20.4 Å². The summed E-state index contributed by atoms with van der Waals surface area (Å²) in [6.07, 6.45) is 0. The Labute approximate surface area is 270 Å². The lowest BCUT2D eigenvalue weighted by molar-refractivity contribution is -0.433. The maximum Gasteiger partial charge on any atom is 0.223 e. The van der Waals surface area contributed by atoms with Crippen LogP contribution in [-0.4, -0.2) is 34.3 Å². The van der Waals surface area contributed by atoms with E-state index in [9.17, 15) is 33.6 Å². The zero-order valence-corrected chi connectivity index (χ0v) is 28.2. The number of fused-ring (bicyclic) bond motifs is 5. The van der Waals surface area contributed by atoms with Crippen molar-refractivity contribution in [3.05, 3.63) is 36.7 Å². The molecule has 0 aliphatic heterocycles. The van der Waals surface area contributed by atoms with Crippen molar-refractivity contribution < 1.29 is 47.3 Å². The van der Waals surface area contributed by atoms with Crippen LogP contribution in [0.5, 0.6) is 5.75 Å². The van der Waals surface area contributed by atoms with E-state index < -0.39 is 64.4 Å². The molecule has 0 spiro atoms. The largest absolute Gasteiger partial charge is 0.506 e. The molecule has 2 heterocycles. The monoisotopic (exact) mass is 776 g/mol. The zero-order chi connectivity index (χ0) is 32.6. The Balaban J connectivity index is 2.13. The van der Waals surface area contributed by atoms with Crippen molar-refractivity contribution in [3.8, 4) is 5.75 Å². The summed E-state index contributed by atoms with van der Waals surface area (Å²) in [6.45, 7) is 1.32. The number of anilines is 1. The Morgan fingerprint density at radius 2 is 1.41 bits per heavy atom. The normalized spacial score (nSPS) is 15.5. The van der Waals surface area contributed by atoms with Crippen molar-refractivity contribution in [1.29, 1.82) is 10.8 Å². The van der Waals surface area contributed by atoms with Gasteiger partial charge in [-0.05, 0) is 18.1 Å². The summed E-state index contributed by atoms with van der Waals surface area (Å²) in [5, 5.41) is 57.2. The molecular formula is C19H12N4O12S9. The molecule has 5 aromatic rings. The number of phenolic OH excluding ortho intramolecular Hbond substituents is 1. The van der Waals surface area contributed by atoms with Crippen molar-refractivity contribution in [2.45, 2.75) is 21.6 Å². The average molecular weight is 777 g/mol. The lowest BCUT2D eigenvalue weighted by Gasteiger charge is -2.16. The molecule has 3 aromatic carbocycles.